The van der Waals surface area contributed by atoms with Crippen molar-refractivity contribution in [3.63, 3.8) is 0 Å². The number of nitrogens with one attached hydrogen (secondary N) is 1. The quantitative estimate of drug-likeness (QED) is 0.632. The molecule has 0 aliphatic carbocycles. The average Bonchev–Trinajstić information content (AvgIpc) is 3.20. The molecule has 2 amide bonds. The topological polar surface area (TPSA) is 61.8 Å². The summed E-state index contributed by atoms with van der Waals surface area (Å²) in [6.07, 6.45) is 2.80. The number of carbonyl (C=O) groups excluding carboxylic acids is 2. The second-order valence-corrected chi connectivity index (χ2v) is 6.66. The van der Waals surface area contributed by atoms with E-state index >= 15 is 0 Å². The minimum absolute atomic E-state index is 0.0467. The number of likely N-dealkylation sites (tertiary alicyclic amines) is 1. The van der Waals surface area contributed by atoms with Crippen LogP contribution in [0.5, 0.6) is 0 Å². The Morgan fingerprint density at radius 1 is 1.04 bits per heavy atom. The molecule has 0 spiro atoms. The van der Waals surface area contributed by atoms with E-state index in [2.05, 4.69) is 10.5 Å². The van der Waals surface area contributed by atoms with Crippen molar-refractivity contribution in [2.45, 2.75) is 38.6 Å². The Balaban J connectivity index is 1.80. The maximum Gasteiger partial charge on any atom is 0.262 e. The van der Waals surface area contributed by atoms with E-state index in [0.29, 0.717) is 25.1 Å². The molecule has 0 radical (unpaired) electrons. The fraction of sp³-hybridized carbons (Fsp3) is 0.318. The Morgan fingerprint density at radius 3 is 2.19 bits per heavy atom. The van der Waals surface area contributed by atoms with Crippen LogP contribution < -0.4 is 5.43 Å². The van der Waals surface area contributed by atoms with Crippen molar-refractivity contribution in [2.24, 2.45) is 5.10 Å². The number of amides is 2. The third-order valence-electron chi connectivity index (χ3n) is 4.71. The van der Waals surface area contributed by atoms with Gasteiger partial charge in [-0.2, -0.15) is 5.10 Å². The highest BCUT2D eigenvalue weighted by Gasteiger charge is 2.33. The number of carbonyl (C=O) groups is 2. The number of rotatable bonds is 6. The zero-order valence-electron chi connectivity index (χ0n) is 15.6. The minimum Gasteiger partial charge on any atom is -0.331 e. The number of hydrazone groups is 1. The summed E-state index contributed by atoms with van der Waals surface area (Å²) in [5, 5.41) is 4.43. The van der Waals surface area contributed by atoms with E-state index in [1.165, 1.54) is 0 Å². The van der Waals surface area contributed by atoms with Crippen LogP contribution in [0.15, 0.2) is 65.8 Å². The molecule has 0 bridgehead atoms. The van der Waals surface area contributed by atoms with Gasteiger partial charge in [-0.25, -0.2) is 5.43 Å². The van der Waals surface area contributed by atoms with E-state index in [-0.39, 0.29) is 11.8 Å². The monoisotopic (exact) mass is 363 g/mol. The van der Waals surface area contributed by atoms with Crippen molar-refractivity contribution in [3.05, 3.63) is 71.8 Å². The van der Waals surface area contributed by atoms with Gasteiger partial charge in [-0.1, -0.05) is 67.6 Å². The molecule has 2 aromatic carbocycles. The lowest BCUT2D eigenvalue weighted by molar-refractivity contribution is -0.138. The fourth-order valence-electron chi connectivity index (χ4n) is 3.37. The Morgan fingerprint density at radius 2 is 1.63 bits per heavy atom. The van der Waals surface area contributed by atoms with Gasteiger partial charge in [-0.15, -0.1) is 0 Å². The van der Waals surface area contributed by atoms with Gasteiger partial charge in [0, 0.05) is 24.1 Å². The van der Waals surface area contributed by atoms with Gasteiger partial charge < -0.3 is 4.90 Å². The SMILES string of the molecule is CCCC(=O)N1CCCC1C(=O)NN=C(c1ccccc1)c1ccccc1. The molecule has 27 heavy (non-hydrogen) atoms. The summed E-state index contributed by atoms with van der Waals surface area (Å²) < 4.78 is 0. The molecule has 1 heterocycles. The molecule has 5 heteroatoms. The highest BCUT2D eigenvalue weighted by atomic mass is 16.2. The Labute approximate surface area is 160 Å². The molecule has 5 nitrogen and oxygen atoms in total. The molecule has 1 N–H and O–H groups in total. The van der Waals surface area contributed by atoms with E-state index in [9.17, 15) is 9.59 Å². The van der Waals surface area contributed by atoms with Gasteiger partial charge in [-0.05, 0) is 19.3 Å². The first-order valence-corrected chi connectivity index (χ1v) is 9.48. The fourth-order valence-corrected chi connectivity index (χ4v) is 3.37. The molecular weight excluding hydrogens is 338 g/mol. The first-order chi connectivity index (χ1) is 13.2. The van der Waals surface area contributed by atoms with E-state index < -0.39 is 6.04 Å². The van der Waals surface area contributed by atoms with Crippen LogP contribution in [0.25, 0.3) is 0 Å². The summed E-state index contributed by atoms with van der Waals surface area (Å²) in [6, 6.07) is 19.1. The summed E-state index contributed by atoms with van der Waals surface area (Å²) in [7, 11) is 0. The molecule has 1 saturated heterocycles. The standard InChI is InChI=1S/C22H25N3O2/c1-2-10-20(26)25-16-9-15-19(25)22(27)24-23-21(17-11-5-3-6-12-17)18-13-7-4-8-14-18/h3-8,11-14,19H,2,9-10,15-16H2,1H3,(H,24,27). The molecule has 1 aliphatic rings. The molecule has 1 fully saturated rings. The van der Waals surface area contributed by atoms with Crippen molar-refractivity contribution in [2.75, 3.05) is 6.54 Å². The third kappa shape index (κ3) is 4.61. The molecule has 140 valence electrons. The van der Waals surface area contributed by atoms with Crippen LogP contribution in [0.2, 0.25) is 0 Å². The van der Waals surface area contributed by atoms with Crippen LogP contribution in [0.3, 0.4) is 0 Å². The Kier molecular flexibility index (Phi) is 6.36. The van der Waals surface area contributed by atoms with Gasteiger partial charge in [0.2, 0.25) is 5.91 Å². The Hall–Kier alpha value is -2.95. The van der Waals surface area contributed by atoms with Gasteiger partial charge in [0.05, 0.1) is 5.71 Å². The van der Waals surface area contributed by atoms with E-state index in [1.54, 1.807) is 4.90 Å². The molecular formula is C22H25N3O2. The van der Waals surface area contributed by atoms with Gasteiger partial charge in [0.25, 0.3) is 5.91 Å². The summed E-state index contributed by atoms with van der Waals surface area (Å²) in [5.74, 6) is -0.174. The molecule has 1 aliphatic heterocycles. The van der Waals surface area contributed by atoms with Crippen molar-refractivity contribution in [1.29, 1.82) is 0 Å². The summed E-state index contributed by atoms with van der Waals surface area (Å²) in [6.45, 7) is 2.62. The van der Waals surface area contributed by atoms with Gasteiger partial charge in [0.1, 0.15) is 6.04 Å². The average molecular weight is 363 g/mol. The number of hydrogen-bond acceptors (Lipinski definition) is 3. The summed E-state index contributed by atoms with van der Waals surface area (Å²) >= 11 is 0. The van der Waals surface area contributed by atoms with Gasteiger partial charge in [-0.3, -0.25) is 9.59 Å². The van der Waals surface area contributed by atoms with Crippen molar-refractivity contribution in [3.8, 4) is 0 Å². The number of nitrogens with zero attached hydrogens (tertiary/aromatic N) is 2. The molecule has 1 unspecified atom stereocenters. The zero-order valence-corrected chi connectivity index (χ0v) is 15.6. The predicted molar refractivity (Wildman–Crippen MR) is 106 cm³/mol. The van der Waals surface area contributed by atoms with E-state index in [1.807, 2.05) is 67.6 Å². The highest BCUT2D eigenvalue weighted by molar-refractivity contribution is 6.13. The number of benzene rings is 2. The Bertz CT molecular complexity index is 761. The van der Waals surface area contributed by atoms with Crippen LogP contribution >= 0.6 is 0 Å². The smallest absolute Gasteiger partial charge is 0.262 e. The second kappa shape index (κ2) is 9.12. The van der Waals surface area contributed by atoms with Crippen molar-refractivity contribution >= 4 is 17.5 Å². The van der Waals surface area contributed by atoms with E-state index in [0.717, 1.165) is 24.0 Å². The minimum atomic E-state index is -0.430. The molecule has 3 rings (SSSR count). The highest BCUT2D eigenvalue weighted by Crippen LogP contribution is 2.19. The summed E-state index contributed by atoms with van der Waals surface area (Å²) in [4.78, 5) is 26.7. The van der Waals surface area contributed by atoms with Crippen LogP contribution in [0.4, 0.5) is 0 Å². The lowest BCUT2D eigenvalue weighted by Gasteiger charge is -2.23. The van der Waals surface area contributed by atoms with E-state index in [4.69, 9.17) is 0 Å². The summed E-state index contributed by atoms with van der Waals surface area (Å²) in [5.41, 5.74) is 5.26. The third-order valence-corrected chi connectivity index (χ3v) is 4.71. The molecule has 0 saturated carbocycles. The predicted octanol–water partition coefficient (Wildman–Crippen LogP) is 3.35. The first-order valence-electron chi connectivity index (χ1n) is 9.48. The molecule has 0 aromatic heterocycles. The van der Waals surface area contributed by atoms with Crippen molar-refractivity contribution < 1.29 is 9.59 Å². The van der Waals surface area contributed by atoms with Gasteiger partial charge >= 0.3 is 0 Å². The van der Waals surface area contributed by atoms with Crippen LogP contribution in [-0.2, 0) is 9.59 Å². The maximum absolute atomic E-state index is 12.7. The van der Waals surface area contributed by atoms with Crippen molar-refractivity contribution in [1.82, 2.24) is 10.3 Å². The lowest BCUT2D eigenvalue weighted by atomic mass is 10.0. The zero-order chi connectivity index (χ0) is 19.1. The molecule has 2 aromatic rings. The lowest BCUT2D eigenvalue weighted by Crippen LogP contribution is -2.44. The second-order valence-electron chi connectivity index (χ2n) is 6.66. The maximum atomic E-state index is 12.7. The van der Waals surface area contributed by atoms with Crippen LogP contribution in [-0.4, -0.2) is 35.0 Å². The first kappa shape index (κ1) is 18.8. The van der Waals surface area contributed by atoms with Crippen LogP contribution in [0.1, 0.15) is 43.7 Å². The van der Waals surface area contributed by atoms with Crippen LogP contribution in [0, 0.1) is 0 Å². The normalized spacial score (nSPS) is 16.0. The van der Waals surface area contributed by atoms with Gasteiger partial charge in [0.15, 0.2) is 0 Å². The molecule has 1 atom stereocenters. The number of hydrogen-bond donors (Lipinski definition) is 1. The largest absolute Gasteiger partial charge is 0.331 e.